The van der Waals surface area contributed by atoms with Crippen LogP contribution in [0.1, 0.15) is 10.4 Å². The summed E-state index contributed by atoms with van der Waals surface area (Å²) in [5.41, 5.74) is 3.51. The Kier molecular flexibility index (Phi) is 4.85. The number of hydrogen-bond donors (Lipinski definition) is 1. The van der Waals surface area contributed by atoms with Crippen molar-refractivity contribution in [3.05, 3.63) is 72.3 Å². The first-order valence-electron chi connectivity index (χ1n) is 8.96. The average Bonchev–Trinajstić information content (AvgIpc) is 2.74. The number of carboxylic acids is 1. The van der Waals surface area contributed by atoms with Crippen LogP contribution in [0, 0.1) is 0 Å². The lowest BCUT2D eigenvalue weighted by Gasteiger charge is -2.30. The first kappa shape index (κ1) is 17.2. The molecule has 0 aliphatic carbocycles. The number of nitrogens with zero attached hydrogens (tertiary/aromatic N) is 2. The van der Waals surface area contributed by atoms with Gasteiger partial charge in [-0.1, -0.05) is 60.7 Å². The second-order valence-electron chi connectivity index (χ2n) is 6.39. The van der Waals surface area contributed by atoms with Crippen LogP contribution in [-0.2, 0) is 4.74 Å². The zero-order valence-corrected chi connectivity index (χ0v) is 14.8. The van der Waals surface area contributed by atoms with E-state index in [1.165, 1.54) is 0 Å². The number of morpholine rings is 1. The van der Waals surface area contributed by atoms with Gasteiger partial charge in [0, 0.05) is 24.2 Å². The molecule has 136 valence electrons. The largest absolute Gasteiger partial charge is 0.478 e. The number of rotatable bonds is 4. The zero-order chi connectivity index (χ0) is 18.6. The number of benzene rings is 2. The van der Waals surface area contributed by atoms with Gasteiger partial charge in [0.25, 0.3) is 0 Å². The van der Waals surface area contributed by atoms with Crippen LogP contribution in [0.25, 0.3) is 22.4 Å². The van der Waals surface area contributed by atoms with Gasteiger partial charge in [-0.15, -0.1) is 0 Å². The van der Waals surface area contributed by atoms with Gasteiger partial charge >= 0.3 is 5.97 Å². The van der Waals surface area contributed by atoms with Gasteiger partial charge in [-0.05, 0) is 11.6 Å². The summed E-state index contributed by atoms with van der Waals surface area (Å²) < 4.78 is 5.43. The van der Waals surface area contributed by atoms with Crippen molar-refractivity contribution >= 4 is 11.8 Å². The van der Waals surface area contributed by atoms with Crippen LogP contribution in [0.2, 0.25) is 0 Å². The lowest BCUT2D eigenvalue weighted by molar-refractivity contribution is 0.0696. The van der Waals surface area contributed by atoms with Crippen molar-refractivity contribution < 1.29 is 14.6 Å². The number of ether oxygens (including phenoxy) is 1. The van der Waals surface area contributed by atoms with E-state index in [0.29, 0.717) is 37.7 Å². The molecule has 2 aromatic carbocycles. The quantitative estimate of drug-likeness (QED) is 0.763. The standard InChI is InChI=1S/C22H20N2O3/c25-22(26)20-18(16-7-3-1-4-8-16)15-19(17-9-5-2-6-10-17)23-21(20)24-11-13-27-14-12-24/h1-10,15H,11-14H2,(H,25,26). The third-order valence-electron chi connectivity index (χ3n) is 4.68. The van der Waals surface area contributed by atoms with E-state index in [1.807, 2.05) is 71.6 Å². The molecule has 1 aliphatic rings. The molecule has 0 amide bonds. The molecular formula is C22H20N2O3. The highest BCUT2D eigenvalue weighted by atomic mass is 16.5. The summed E-state index contributed by atoms with van der Waals surface area (Å²) in [5, 5.41) is 10.0. The van der Waals surface area contributed by atoms with E-state index in [0.717, 1.165) is 16.8 Å². The van der Waals surface area contributed by atoms with E-state index in [2.05, 4.69) is 0 Å². The molecule has 1 N–H and O–H groups in total. The summed E-state index contributed by atoms with van der Waals surface area (Å²) in [6, 6.07) is 21.3. The molecule has 1 aromatic heterocycles. The van der Waals surface area contributed by atoms with E-state index in [4.69, 9.17) is 9.72 Å². The Morgan fingerprint density at radius 2 is 1.52 bits per heavy atom. The fourth-order valence-electron chi connectivity index (χ4n) is 3.35. The minimum Gasteiger partial charge on any atom is -0.478 e. The van der Waals surface area contributed by atoms with Gasteiger partial charge < -0.3 is 14.7 Å². The van der Waals surface area contributed by atoms with Crippen LogP contribution in [-0.4, -0.2) is 42.4 Å². The summed E-state index contributed by atoms with van der Waals surface area (Å²) >= 11 is 0. The Balaban J connectivity index is 1.96. The Morgan fingerprint density at radius 3 is 2.11 bits per heavy atom. The van der Waals surface area contributed by atoms with E-state index in [1.54, 1.807) is 0 Å². The molecule has 1 saturated heterocycles. The number of carboxylic acid groups (broad SMARTS) is 1. The van der Waals surface area contributed by atoms with Crippen molar-refractivity contribution in [2.24, 2.45) is 0 Å². The summed E-state index contributed by atoms with van der Waals surface area (Å²) in [6.07, 6.45) is 0. The number of aromatic nitrogens is 1. The number of hydrogen-bond acceptors (Lipinski definition) is 4. The smallest absolute Gasteiger partial charge is 0.340 e. The van der Waals surface area contributed by atoms with Crippen molar-refractivity contribution in [3.63, 3.8) is 0 Å². The third-order valence-corrected chi connectivity index (χ3v) is 4.68. The second-order valence-corrected chi connectivity index (χ2v) is 6.39. The maximum absolute atomic E-state index is 12.2. The van der Waals surface area contributed by atoms with Gasteiger partial charge in [0.05, 0.1) is 18.9 Å². The summed E-state index contributed by atoms with van der Waals surface area (Å²) in [6.45, 7) is 2.38. The van der Waals surface area contributed by atoms with E-state index >= 15 is 0 Å². The van der Waals surface area contributed by atoms with Crippen molar-refractivity contribution in [2.75, 3.05) is 31.2 Å². The van der Waals surface area contributed by atoms with E-state index in [9.17, 15) is 9.90 Å². The van der Waals surface area contributed by atoms with Crippen LogP contribution in [0.15, 0.2) is 66.7 Å². The maximum atomic E-state index is 12.2. The lowest BCUT2D eigenvalue weighted by Crippen LogP contribution is -2.38. The maximum Gasteiger partial charge on any atom is 0.340 e. The number of carbonyl (C=O) groups is 1. The van der Waals surface area contributed by atoms with Crippen LogP contribution < -0.4 is 4.90 Å². The molecule has 27 heavy (non-hydrogen) atoms. The first-order valence-corrected chi connectivity index (χ1v) is 8.96. The molecule has 0 unspecified atom stereocenters. The molecule has 0 bridgehead atoms. The number of aromatic carboxylic acids is 1. The van der Waals surface area contributed by atoms with Gasteiger partial charge in [-0.3, -0.25) is 0 Å². The number of pyridine rings is 1. The monoisotopic (exact) mass is 360 g/mol. The van der Waals surface area contributed by atoms with Crippen LogP contribution in [0.5, 0.6) is 0 Å². The highest BCUT2D eigenvalue weighted by molar-refractivity contribution is 6.02. The zero-order valence-electron chi connectivity index (χ0n) is 14.8. The van der Waals surface area contributed by atoms with Crippen molar-refractivity contribution in [1.82, 2.24) is 4.98 Å². The lowest BCUT2D eigenvalue weighted by atomic mass is 9.97. The molecule has 3 aromatic rings. The van der Waals surface area contributed by atoms with Crippen LogP contribution in [0.3, 0.4) is 0 Å². The van der Waals surface area contributed by atoms with Crippen molar-refractivity contribution in [2.45, 2.75) is 0 Å². The first-order chi connectivity index (χ1) is 13.2. The predicted molar refractivity (Wildman–Crippen MR) is 105 cm³/mol. The Labute approximate surface area is 157 Å². The second kappa shape index (κ2) is 7.60. The fourth-order valence-corrected chi connectivity index (χ4v) is 3.35. The highest BCUT2D eigenvalue weighted by Gasteiger charge is 2.25. The van der Waals surface area contributed by atoms with Crippen molar-refractivity contribution in [3.8, 4) is 22.4 Å². The SMILES string of the molecule is O=C(O)c1c(-c2ccccc2)cc(-c2ccccc2)nc1N1CCOCC1. The summed E-state index contributed by atoms with van der Waals surface area (Å²) in [5.74, 6) is -0.464. The molecule has 0 saturated carbocycles. The molecule has 5 nitrogen and oxygen atoms in total. The molecule has 5 heteroatoms. The summed E-state index contributed by atoms with van der Waals surface area (Å²) in [4.78, 5) is 19.0. The van der Waals surface area contributed by atoms with Crippen LogP contribution in [0.4, 0.5) is 5.82 Å². The minimum absolute atomic E-state index is 0.239. The molecule has 0 radical (unpaired) electrons. The van der Waals surface area contributed by atoms with E-state index in [-0.39, 0.29) is 5.56 Å². The van der Waals surface area contributed by atoms with Crippen molar-refractivity contribution in [1.29, 1.82) is 0 Å². The average molecular weight is 360 g/mol. The minimum atomic E-state index is -0.970. The molecular weight excluding hydrogens is 340 g/mol. The molecule has 0 atom stereocenters. The van der Waals surface area contributed by atoms with Crippen LogP contribution >= 0.6 is 0 Å². The Hall–Kier alpha value is -3.18. The predicted octanol–water partition coefficient (Wildman–Crippen LogP) is 3.95. The van der Waals surface area contributed by atoms with Gasteiger partial charge in [0.1, 0.15) is 11.4 Å². The number of anilines is 1. The topological polar surface area (TPSA) is 62.7 Å². The molecule has 1 aliphatic heterocycles. The highest BCUT2D eigenvalue weighted by Crippen LogP contribution is 2.34. The Bertz CT molecular complexity index is 937. The van der Waals surface area contributed by atoms with Gasteiger partial charge in [-0.25, -0.2) is 9.78 Å². The summed E-state index contributed by atoms with van der Waals surface area (Å²) in [7, 11) is 0. The Morgan fingerprint density at radius 1 is 0.926 bits per heavy atom. The normalized spacial score (nSPS) is 14.1. The van der Waals surface area contributed by atoms with E-state index < -0.39 is 5.97 Å². The fraction of sp³-hybridized carbons (Fsp3) is 0.182. The molecule has 0 spiro atoms. The molecule has 1 fully saturated rings. The van der Waals surface area contributed by atoms with Gasteiger partial charge in [0.2, 0.25) is 0 Å². The molecule has 4 rings (SSSR count). The van der Waals surface area contributed by atoms with Gasteiger partial charge in [-0.2, -0.15) is 0 Å². The van der Waals surface area contributed by atoms with Gasteiger partial charge in [0.15, 0.2) is 0 Å². The molecule has 2 heterocycles. The third kappa shape index (κ3) is 3.55.